The molecule has 198 valence electrons. The summed E-state index contributed by atoms with van der Waals surface area (Å²) in [4.78, 5) is 41.6. The largest absolute Gasteiger partial charge is 0.361 e. The van der Waals surface area contributed by atoms with Gasteiger partial charge in [-0.1, -0.05) is 36.4 Å². The number of benzene rings is 2. The van der Waals surface area contributed by atoms with Crippen LogP contribution in [0, 0.1) is 0 Å². The summed E-state index contributed by atoms with van der Waals surface area (Å²) in [6.07, 6.45) is 3.45. The average Bonchev–Trinajstić information content (AvgIpc) is 3.53. The second-order valence-electron chi connectivity index (χ2n) is 9.80. The Kier molecular flexibility index (Phi) is 7.73. The third-order valence-electron chi connectivity index (χ3n) is 7.24. The molecule has 2 aromatic carbocycles. The predicted molar refractivity (Wildman–Crippen MR) is 150 cm³/mol. The molecule has 0 bridgehead atoms. The summed E-state index contributed by atoms with van der Waals surface area (Å²) in [6.45, 7) is 1.28. The van der Waals surface area contributed by atoms with Gasteiger partial charge in [0.05, 0.1) is 5.54 Å². The lowest BCUT2D eigenvalue weighted by molar-refractivity contribution is -0.133. The van der Waals surface area contributed by atoms with Gasteiger partial charge < -0.3 is 32.0 Å². The second-order valence-corrected chi connectivity index (χ2v) is 10.7. The quantitative estimate of drug-likeness (QED) is 0.137. The topological polar surface area (TPSA) is 141 Å². The van der Waals surface area contributed by atoms with Crippen LogP contribution in [-0.4, -0.2) is 54.0 Å². The lowest BCUT2D eigenvalue weighted by Gasteiger charge is -2.34. The van der Waals surface area contributed by atoms with Gasteiger partial charge in [0.25, 0.3) is 0 Å². The summed E-state index contributed by atoms with van der Waals surface area (Å²) in [5.41, 5.74) is 8.30. The van der Waals surface area contributed by atoms with Crippen LogP contribution in [-0.2, 0) is 27.2 Å². The van der Waals surface area contributed by atoms with E-state index in [0.717, 1.165) is 32.1 Å². The number of carbonyl (C=O) groups is 3. The number of nitrogens with two attached hydrogens (primary N) is 1. The lowest BCUT2D eigenvalue weighted by atomic mass is 9.88. The molecule has 38 heavy (non-hydrogen) atoms. The van der Waals surface area contributed by atoms with Gasteiger partial charge in [0.15, 0.2) is 0 Å². The fourth-order valence-corrected chi connectivity index (χ4v) is 6.02. The minimum atomic E-state index is -1.04. The molecule has 7 N–H and O–H groups in total. The summed E-state index contributed by atoms with van der Waals surface area (Å²) >= 11 is 1.62. The molecule has 1 fully saturated rings. The zero-order valence-electron chi connectivity index (χ0n) is 21.0. The number of carbonyl (C=O) groups excluding carboxylic acids is 3. The first kappa shape index (κ1) is 25.9. The lowest BCUT2D eigenvalue weighted by Crippen LogP contribution is -2.63. The Morgan fingerprint density at radius 3 is 2.53 bits per heavy atom. The molecular weight excluding hydrogens is 500 g/mol. The van der Waals surface area contributed by atoms with E-state index in [-0.39, 0.29) is 18.2 Å². The van der Waals surface area contributed by atoms with E-state index in [4.69, 9.17) is 5.73 Å². The molecule has 0 saturated carbocycles. The summed E-state index contributed by atoms with van der Waals surface area (Å²) in [5, 5.41) is 15.9. The second kappa shape index (κ2) is 11.3. The molecule has 0 aliphatic carbocycles. The summed E-state index contributed by atoms with van der Waals surface area (Å²) in [7, 11) is 0. The first-order chi connectivity index (χ1) is 18.5. The van der Waals surface area contributed by atoms with E-state index in [2.05, 4.69) is 26.3 Å². The van der Waals surface area contributed by atoms with Crippen LogP contribution < -0.4 is 27.0 Å². The normalized spacial score (nSPS) is 16.6. The van der Waals surface area contributed by atoms with Crippen LogP contribution in [0.25, 0.3) is 21.0 Å². The van der Waals surface area contributed by atoms with Gasteiger partial charge in [-0.3, -0.25) is 14.4 Å². The molecule has 3 heterocycles. The molecular formula is C28H32N6O3S. The minimum absolute atomic E-state index is 0.269. The van der Waals surface area contributed by atoms with Gasteiger partial charge in [0.1, 0.15) is 12.2 Å². The van der Waals surface area contributed by atoms with Crippen molar-refractivity contribution in [3.05, 3.63) is 71.2 Å². The molecule has 10 heteroatoms. The number of aromatic nitrogens is 1. The number of fused-ring (bicyclic) bond motifs is 2. The Bertz CT molecular complexity index is 1440. The predicted octanol–water partition coefficient (Wildman–Crippen LogP) is 1.92. The van der Waals surface area contributed by atoms with Gasteiger partial charge in [-0.2, -0.15) is 0 Å². The number of amides is 3. The van der Waals surface area contributed by atoms with Crippen molar-refractivity contribution >= 4 is 50.6 Å². The molecule has 4 aromatic rings. The van der Waals surface area contributed by atoms with E-state index < -0.39 is 17.7 Å². The first-order valence-electron chi connectivity index (χ1n) is 12.8. The number of piperidine rings is 1. The molecule has 0 unspecified atom stereocenters. The van der Waals surface area contributed by atoms with Crippen LogP contribution in [0.3, 0.4) is 0 Å². The van der Waals surface area contributed by atoms with E-state index >= 15 is 0 Å². The van der Waals surface area contributed by atoms with Crippen LogP contribution in [0.2, 0.25) is 0 Å². The van der Waals surface area contributed by atoms with E-state index in [1.165, 1.54) is 0 Å². The molecule has 2 atom stereocenters. The van der Waals surface area contributed by atoms with Gasteiger partial charge >= 0.3 is 0 Å². The van der Waals surface area contributed by atoms with E-state index in [1.807, 2.05) is 60.1 Å². The highest BCUT2D eigenvalue weighted by molar-refractivity contribution is 7.17. The average molecular weight is 533 g/mol. The molecule has 5 rings (SSSR count). The minimum Gasteiger partial charge on any atom is -0.361 e. The van der Waals surface area contributed by atoms with Gasteiger partial charge in [0, 0.05) is 34.6 Å². The van der Waals surface area contributed by atoms with Crippen molar-refractivity contribution < 1.29 is 14.4 Å². The van der Waals surface area contributed by atoms with Crippen molar-refractivity contribution in [2.24, 2.45) is 5.73 Å². The van der Waals surface area contributed by atoms with Crippen molar-refractivity contribution in [2.45, 2.75) is 43.4 Å². The summed E-state index contributed by atoms with van der Waals surface area (Å²) < 4.78 is 1.14. The third-order valence-corrected chi connectivity index (χ3v) is 8.25. The Morgan fingerprint density at radius 2 is 1.74 bits per heavy atom. The number of hydrogen-bond donors (Lipinski definition) is 6. The Hall–Kier alpha value is -3.73. The molecule has 2 aromatic heterocycles. The number of hydrogen-bond acceptors (Lipinski definition) is 6. The van der Waals surface area contributed by atoms with Gasteiger partial charge in [-0.05, 0) is 60.0 Å². The highest BCUT2D eigenvalue weighted by Gasteiger charge is 2.37. The zero-order chi connectivity index (χ0) is 26.5. The Balaban J connectivity index is 1.37. The smallest absolute Gasteiger partial charge is 0.244 e. The van der Waals surface area contributed by atoms with E-state index in [0.29, 0.717) is 38.8 Å². The number of rotatable bonds is 10. The van der Waals surface area contributed by atoms with Crippen LogP contribution in [0.15, 0.2) is 60.1 Å². The SMILES string of the molecule is NC1(C(=O)N[C@H](Cc2c[nH]c3ccccc23)C(=O)N[C@H](Cc2csc3ccccc23)NC=O)CCNCC1. The van der Waals surface area contributed by atoms with Crippen LogP contribution >= 0.6 is 11.3 Å². The standard InChI is InChI=1S/C28H32N6O3S/c29-28(9-11-30-12-10-28)27(37)33-23(13-18-15-31-22-7-3-1-5-20(18)22)26(36)34-25(32-17-35)14-19-16-38-24-8-4-2-6-21(19)24/h1-8,15-17,23,25,30-31H,9-14,29H2,(H,32,35)(H,33,37)(H,34,36)/t23-,25-/m1/s1. The highest BCUT2D eigenvalue weighted by atomic mass is 32.1. The third kappa shape index (κ3) is 5.57. The van der Waals surface area contributed by atoms with Crippen molar-refractivity contribution in [2.75, 3.05) is 13.1 Å². The molecule has 9 nitrogen and oxygen atoms in total. The number of aromatic amines is 1. The van der Waals surface area contributed by atoms with Crippen LogP contribution in [0.1, 0.15) is 24.0 Å². The van der Waals surface area contributed by atoms with Crippen molar-refractivity contribution in [3.63, 3.8) is 0 Å². The first-order valence-corrected chi connectivity index (χ1v) is 13.7. The zero-order valence-corrected chi connectivity index (χ0v) is 21.8. The van der Waals surface area contributed by atoms with E-state index in [9.17, 15) is 14.4 Å². The number of nitrogens with one attached hydrogen (secondary N) is 5. The fourth-order valence-electron chi connectivity index (χ4n) is 5.05. The van der Waals surface area contributed by atoms with Crippen LogP contribution in [0.5, 0.6) is 0 Å². The Labute approximate surface area is 224 Å². The number of thiophene rings is 1. The monoisotopic (exact) mass is 532 g/mol. The molecule has 0 radical (unpaired) electrons. The maximum atomic E-state index is 13.7. The maximum Gasteiger partial charge on any atom is 0.244 e. The molecule has 3 amide bonds. The highest BCUT2D eigenvalue weighted by Crippen LogP contribution is 2.26. The van der Waals surface area contributed by atoms with Gasteiger partial charge in [-0.25, -0.2) is 0 Å². The summed E-state index contributed by atoms with van der Waals surface area (Å²) in [5.74, 6) is -0.734. The maximum absolute atomic E-state index is 13.7. The van der Waals surface area contributed by atoms with Crippen molar-refractivity contribution in [3.8, 4) is 0 Å². The van der Waals surface area contributed by atoms with Crippen molar-refractivity contribution in [1.82, 2.24) is 26.3 Å². The van der Waals surface area contributed by atoms with Gasteiger partial charge in [0.2, 0.25) is 18.2 Å². The molecule has 1 saturated heterocycles. The molecule has 0 spiro atoms. The van der Waals surface area contributed by atoms with E-state index in [1.54, 1.807) is 11.3 Å². The molecule has 1 aliphatic rings. The number of para-hydroxylation sites is 1. The van der Waals surface area contributed by atoms with Crippen LogP contribution in [0.4, 0.5) is 0 Å². The number of H-pyrrole nitrogens is 1. The molecule has 1 aliphatic heterocycles. The summed E-state index contributed by atoms with van der Waals surface area (Å²) in [6, 6.07) is 15.0. The van der Waals surface area contributed by atoms with Gasteiger partial charge in [-0.15, -0.1) is 11.3 Å². The van der Waals surface area contributed by atoms with Crippen molar-refractivity contribution in [1.29, 1.82) is 0 Å². The fraction of sp³-hybridized carbons (Fsp3) is 0.321. The Morgan fingerprint density at radius 1 is 1.00 bits per heavy atom.